The highest BCUT2D eigenvalue weighted by molar-refractivity contribution is 5.98. The summed E-state index contributed by atoms with van der Waals surface area (Å²) in [4.78, 5) is 10.8. The van der Waals surface area contributed by atoms with Gasteiger partial charge in [0.1, 0.15) is 0 Å². The van der Waals surface area contributed by atoms with Gasteiger partial charge >= 0.3 is 1.43 Å². The van der Waals surface area contributed by atoms with E-state index in [0.717, 1.165) is 11.3 Å². The highest BCUT2D eigenvalue weighted by Gasteiger charge is 2.15. The molecule has 1 amide bonds. The Hall–Kier alpha value is -1.31. The number of para-hydroxylation sites is 1. The number of rotatable bonds is 0. The lowest BCUT2D eigenvalue weighted by molar-refractivity contribution is -0.115. The molecule has 1 aliphatic rings. The van der Waals surface area contributed by atoms with Gasteiger partial charge in [0.25, 0.3) is 0 Å². The first-order valence-electron chi connectivity index (χ1n) is 3.24. The third-order valence-corrected chi connectivity index (χ3v) is 1.64. The molecule has 0 saturated heterocycles. The maximum atomic E-state index is 10.8. The molecular formula is C8H8NO+. The van der Waals surface area contributed by atoms with Crippen LogP contribution in [0.2, 0.25) is 0 Å². The number of nitrogens with one attached hydrogen (secondary N) is 1. The zero-order valence-electron chi connectivity index (χ0n) is 6.42. The van der Waals surface area contributed by atoms with Gasteiger partial charge in [-0.25, -0.2) is 0 Å². The van der Waals surface area contributed by atoms with Crippen LogP contribution in [0.15, 0.2) is 24.3 Å². The number of carbonyl (C=O) groups excluding carboxylic acids is 1. The van der Waals surface area contributed by atoms with Gasteiger partial charge in [0.2, 0.25) is 5.91 Å². The topological polar surface area (TPSA) is 29.1 Å². The van der Waals surface area contributed by atoms with Crippen LogP contribution in [0.1, 0.15) is 6.99 Å². The number of benzene rings is 1. The molecule has 2 nitrogen and oxygen atoms in total. The lowest BCUT2D eigenvalue weighted by Crippen LogP contribution is -2.03. The highest BCUT2D eigenvalue weighted by Crippen LogP contribution is 2.20. The smallest absolute Gasteiger partial charge is 0.326 e. The van der Waals surface area contributed by atoms with Gasteiger partial charge in [0.05, 0.1) is 6.42 Å². The molecule has 1 N–H and O–H groups in total. The standard InChI is InChI=1S/C8H7NO/c10-8-5-6-3-1-2-4-7(6)9-8/h1-4H,5H2,(H,9,10)/p+1. The number of anilines is 1. The molecule has 0 radical (unpaired) electrons. The van der Waals surface area contributed by atoms with Gasteiger partial charge in [-0.1, -0.05) is 18.2 Å². The van der Waals surface area contributed by atoms with Gasteiger partial charge in [-0.3, -0.25) is 4.79 Å². The Morgan fingerprint density at radius 1 is 1.40 bits per heavy atom. The second-order valence-electron chi connectivity index (χ2n) is 2.38. The van der Waals surface area contributed by atoms with Crippen LogP contribution in [0.3, 0.4) is 0 Å². The number of hydrogen-bond acceptors (Lipinski definition) is 1. The molecule has 2 rings (SSSR count). The molecule has 0 spiro atoms. The zero-order valence-corrected chi connectivity index (χ0v) is 5.42. The molecule has 1 aromatic carbocycles. The maximum Gasteiger partial charge on any atom is 1.00 e. The lowest BCUT2D eigenvalue weighted by Gasteiger charge is -1.93. The number of hydrogen-bond donors (Lipinski definition) is 1. The van der Waals surface area contributed by atoms with E-state index < -0.39 is 0 Å². The normalized spacial score (nSPS) is 14.6. The fraction of sp³-hybridized carbons (Fsp3) is 0.125. The molecule has 0 aliphatic carbocycles. The summed E-state index contributed by atoms with van der Waals surface area (Å²) in [6, 6.07) is 7.75. The van der Waals surface area contributed by atoms with Crippen molar-refractivity contribution in [2.45, 2.75) is 6.42 Å². The Morgan fingerprint density at radius 3 is 3.00 bits per heavy atom. The van der Waals surface area contributed by atoms with Crippen LogP contribution in [0.25, 0.3) is 0 Å². The van der Waals surface area contributed by atoms with Gasteiger partial charge in [0, 0.05) is 5.69 Å². The second kappa shape index (κ2) is 1.84. The molecule has 0 bridgehead atoms. The molecule has 0 aromatic heterocycles. The minimum Gasteiger partial charge on any atom is -0.326 e. The van der Waals surface area contributed by atoms with Crippen molar-refractivity contribution < 1.29 is 6.22 Å². The molecule has 0 atom stereocenters. The Labute approximate surface area is 60.4 Å². The van der Waals surface area contributed by atoms with Crippen LogP contribution >= 0.6 is 0 Å². The summed E-state index contributed by atoms with van der Waals surface area (Å²) < 4.78 is 0. The second-order valence-corrected chi connectivity index (χ2v) is 2.38. The lowest BCUT2D eigenvalue weighted by atomic mass is 10.2. The van der Waals surface area contributed by atoms with Crippen molar-refractivity contribution in [2.75, 3.05) is 5.32 Å². The third-order valence-electron chi connectivity index (χ3n) is 1.64. The largest absolute Gasteiger partial charge is 1.00 e. The summed E-state index contributed by atoms with van der Waals surface area (Å²) in [6.45, 7) is 0. The fourth-order valence-electron chi connectivity index (χ4n) is 1.16. The Balaban J connectivity index is 0.000000605. The fourth-order valence-corrected chi connectivity index (χ4v) is 1.16. The molecule has 2 heteroatoms. The number of carbonyl (C=O) groups is 1. The molecule has 1 heterocycles. The summed E-state index contributed by atoms with van der Waals surface area (Å²) in [6.07, 6.45) is 0.538. The summed E-state index contributed by atoms with van der Waals surface area (Å²) in [5, 5.41) is 2.76. The Morgan fingerprint density at radius 2 is 2.20 bits per heavy atom. The quantitative estimate of drug-likeness (QED) is 0.569. The Kier molecular flexibility index (Phi) is 1.01. The number of fused-ring (bicyclic) bond motifs is 1. The number of amides is 1. The van der Waals surface area contributed by atoms with Crippen LogP contribution in [0.5, 0.6) is 0 Å². The minimum absolute atomic E-state index is 0. The van der Waals surface area contributed by atoms with E-state index in [4.69, 9.17) is 0 Å². The summed E-state index contributed by atoms with van der Waals surface area (Å²) >= 11 is 0. The van der Waals surface area contributed by atoms with Gasteiger partial charge in [-0.05, 0) is 11.6 Å². The monoisotopic (exact) mass is 134 g/mol. The average molecular weight is 134 g/mol. The molecule has 50 valence electrons. The van der Waals surface area contributed by atoms with Gasteiger partial charge in [-0.15, -0.1) is 0 Å². The van der Waals surface area contributed by atoms with E-state index in [1.165, 1.54) is 0 Å². The van der Waals surface area contributed by atoms with E-state index in [2.05, 4.69) is 5.32 Å². The SMILES string of the molecule is O=C1Cc2ccccc2N1.[H+]. The van der Waals surface area contributed by atoms with Crippen LogP contribution in [-0.2, 0) is 11.2 Å². The molecule has 0 fully saturated rings. The van der Waals surface area contributed by atoms with Crippen LogP contribution in [0, 0.1) is 0 Å². The zero-order chi connectivity index (χ0) is 6.97. The van der Waals surface area contributed by atoms with Crippen LogP contribution < -0.4 is 5.32 Å². The van der Waals surface area contributed by atoms with Crippen molar-refractivity contribution in [1.29, 1.82) is 0 Å². The van der Waals surface area contributed by atoms with Crippen molar-refractivity contribution in [3.8, 4) is 0 Å². The van der Waals surface area contributed by atoms with Crippen molar-refractivity contribution >= 4 is 11.6 Å². The maximum absolute atomic E-state index is 10.8. The summed E-state index contributed by atoms with van der Waals surface area (Å²) in [7, 11) is 0. The van der Waals surface area contributed by atoms with E-state index in [-0.39, 0.29) is 7.33 Å². The Bertz CT molecular complexity index is 258. The third kappa shape index (κ3) is 0.692. The average Bonchev–Trinajstić information content (AvgIpc) is 2.27. The van der Waals surface area contributed by atoms with E-state index in [1.807, 2.05) is 24.3 Å². The first-order valence-corrected chi connectivity index (χ1v) is 3.24. The van der Waals surface area contributed by atoms with Crippen molar-refractivity contribution in [3.05, 3.63) is 29.8 Å². The molecular weight excluding hydrogens is 126 g/mol. The molecule has 0 saturated carbocycles. The van der Waals surface area contributed by atoms with E-state index >= 15 is 0 Å². The first kappa shape index (κ1) is 5.47. The van der Waals surface area contributed by atoms with E-state index in [9.17, 15) is 4.79 Å². The van der Waals surface area contributed by atoms with Crippen LogP contribution in [0.4, 0.5) is 5.69 Å². The van der Waals surface area contributed by atoms with Crippen LogP contribution in [-0.4, -0.2) is 5.91 Å². The van der Waals surface area contributed by atoms with Gasteiger partial charge in [0.15, 0.2) is 0 Å². The summed E-state index contributed by atoms with van der Waals surface area (Å²) in [5.41, 5.74) is 2.07. The minimum atomic E-state index is 0. The highest BCUT2D eigenvalue weighted by atomic mass is 16.1. The van der Waals surface area contributed by atoms with Crippen molar-refractivity contribution in [1.82, 2.24) is 0 Å². The van der Waals surface area contributed by atoms with Gasteiger partial charge in [-0.2, -0.15) is 0 Å². The molecule has 0 unspecified atom stereocenters. The predicted octanol–water partition coefficient (Wildman–Crippen LogP) is 1.29. The summed E-state index contributed by atoms with van der Waals surface area (Å²) in [5.74, 6) is 0.0983. The predicted molar refractivity (Wildman–Crippen MR) is 39.9 cm³/mol. The van der Waals surface area contributed by atoms with Crippen molar-refractivity contribution in [2.24, 2.45) is 0 Å². The van der Waals surface area contributed by atoms with Crippen molar-refractivity contribution in [3.63, 3.8) is 0 Å². The molecule has 1 aliphatic heterocycles. The van der Waals surface area contributed by atoms with E-state index in [0.29, 0.717) is 6.42 Å². The molecule has 1 aromatic rings. The molecule has 10 heavy (non-hydrogen) atoms. The van der Waals surface area contributed by atoms with Gasteiger partial charge < -0.3 is 5.32 Å². The van der Waals surface area contributed by atoms with E-state index in [1.54, 1.807) is 0 Å². The first-order chi connectivity index (χ1) is 4.86.